The molecule has 142 valence electrons. The van der Waals surface area contributed by atoms with Crippen molar-refractivity contribution in [2.24, 2.45) is 0 Å². The van der Waals surface area contributed by atoms with Gasteiger partial charge in [0.05, 0.1) is 5.69 Å². The number of piperidine rings is 1. The van der Waals surface area contributed by atoms with Crippen LogP contribution in [0.3, 0.4) is 0 Å². The molecule has 4 rings (SSSR count). The summed E-state index contributed by atoms with van der Waals surface area (Å²) in [4.78, 5) is 27.5. The molecule has 28 heavy (non-hydrogen) atoms. The van der Waals surface area contributed by atoms with E-state index >= 15 is 0 Å². The first kappa shape index (κ1) is 18.3. The van der Waals surface area contributed by atoms with Crippen LogP contribution in [0.25, 0.3) is 6.08 Å². The van der Waals surface area contributed by atoms with Crippen molar-refractivity contribution in [1.82, 2.24) is 19.9 Å². The van der Waals surface area contributed by atoms with Crippen LogP contribution in [0.15, 0.2) is 60.4 Å². The van der Waals surface area contributed by atoms with Gasteiger partial charge in [0, 0.05) is 49.1 Å². The van der Waals surface area contributed by atoms with Gasteiger partial charge >= 0.3 is 0 Å². The fourth-order valence-electron chi connectivity index (χ4n) is 3.24. The molecule has 0 bridgehead atoms. The molecule has 1 fully saturated rings. The summed E-state index contributed by atoms with van der Waals surface area (Å²) >= 11 is 1.57. The lowest BCUT2D eigenvalue weighted by Gasteiger charge is -2.31. The molecule has 1 saturated heterocycles. The molecule has 1 aliphatic rings. The third-order valence-electron chi connectivity index (χ3n) is 4.68. The van der Waals surface area contributed by atoms with Crippen molar-refractivity contribution in [2.75, 3.05) is 18.4 Å². The Morgan fingerprint density at radius 2 is 2.21 bits per heavy atom. The number of carbonyl (C=O) groups excluding carboxylic acids is 1. The maximum Gasteiger partial charge on any atom is 0.246 e. The molecule has 1 unspecified atom stereocenters. The number of amides is 1. The maximum atomic E-state index is 12.6. The average Bonchev–Trinajstić information content (AvgIpc) is 3.22. The number of likely N-dealkylation sites (tertiary alicyclic amines) is 1. The maximum absolute atomic E-state index is 12.6. The van der Waals surface area contributed by atoms with Crippen molar-refractivity contribution in [3.63, 3.8) is 0 Å². The molecule has 0 spiro atoms. The van der Waals surface area contributed by atoms with E-state index in [1.165, 1.54) is 0 Å². The minimum absolute atomic E-state index is 0.0376. The lowest BCUT2D eigenvalue weighted by atomic mass is 9.95. The van der Waals surface area contributed by atoms with Crippen LogP contribution in [-0.4, -0.2) is 38.8 Å². The number of nitrogens with one attached hydrogen (secondary N) is 1. The molecule has 1 amide bonds. The van der Waals surface area contributed by atoms with Gasteiger partial charge in [0.15, 0.2) is 5.13 Å². The van der Waals surface area contributed by atoms with Crippen molar-refractivity contribution in [2.45, 2.75) is 18.8 Å². The van der Waals surface area contributed by atoms with E-state index in [9.17, 15) is 4.79 Å². The van der Waals surface area contributed by atoms with Gasteiger partial charge in [0.1, 0.15) is 5.82 Å². The molecular formula is C21H21N5OS. The quantitative estimate of drug-likeness (QED) is 0.663. The molecule has 1 atom stereocenters. The minimum atomic E-state index is 0.0376. The first-order chi connectivity index (χ1) is 13.8. The van der Waals surface area contributed by atoms with Crippen LogP contribution in [0.4, 0.5) is 10.9 Å². The van der Waals surface area contributed by atoms with Gasteiger partial charge in [-0.15, -0.1) is 11.3 Å². The molecule has 6 nitrogen and oxygen atoms in total. The third kappa shape index (κ3) is 4.61. The zero-order chi connectivity index (χ0) is 19.2. The van der Waals surface area contributed by atoms with Crippen LogP contribution in [0.5, 0.6) is 0 Å². The molecule has 1 N–H and O–H groups in total. The van der Waals surface area contributed by atoms with Gasteiger partial charge < -0.3 is 10.2 Å². The van der Waals surface area contributed by atoms with E-state index < -0.39 is 0 Å². The molecule has 0 saturated carbocycles. The first-order valence-corrected chi connectivity index (χ1v) is 10.2. The molecule has 3 aromatic rings. The Labute approximate surface area is 168 Å². The van der Waals surface area contributed by atoms with Gasteiger partial charge in [-0.25, -0.2) is 9.97 Å². The van der Waals surface area contributed by atoms with E-state index in [4.69, 9.17) is 4.98 Å². The topological polar surface area (TPSA) is 71.0 Å². The van der Waals surface area contributed by atoms with Crippen molar-refractivity contribution in [3.05, 3.63) is 71.6 Å². The highest BCUT2D eigenvalue weighted by Crippen LogP contribution is 2.30. The Morgan fingerprint density at radius 1 is 1.25 bits per heavy atom. The molecular weight excluding hydrogens is 370 g/mol. The SMILES string of the molecule is O=C(/C=C/c1cccnc1)N1CCCC(c2csc(Nc3ccccn3)n2)C1. The summed E-state index contributed by atoms with van der Waals surface area (Å²) in [5.41, 5.74) is 1.96. The van der Waals surface area contributed by atoms with E-state index in [1.807, 2.05) is 41.3 Å². The summed E-state index contributed by atoms with van der Waals surface area (Å²) in [6.45, 7) is 1.48. The summed E-state index contributed by atoms with van der Waals surface area (Å²) in [6.07, 6.45) is 10.7. The number of pyridine rings is 2. The fraction of sp³-hybridized carbons (Fsp3) is 0.238. The van der Waals surface area contributed by atoms with Crippen molar-refractivity contribution in [3.8, 4) is 0 Å². The minimum Gasteiger partial charge on any atom is -0.338 e. The number of anilines is 2. The lowest BCUT2D eigenvalue weighted by molar-refractivity contribution is -0.127. The highest BCUT2D eigenvalue weighted by atomic mass is 32.1. The second kappa shape index (κ2) is 8.75. The number of rotatable bonds is 5. The standard InChI is InChI=1S/C21H21N5OS/c27-20(9-8-16-5-3-10-22-13-16)26-12-4-6-17(14-26)18-15-28-21(24-18)25-19-7-1-2-11-23-19/h1-3,5,7-11,13,15,17H,4,6,12,14H2,(H,23,24,25)/b9-8+. The van der Waals surface area contributed by atoms with Crippen molar-refractivity contribution in [1.29, 1.82) is 0 Å². The molecule has 4 heterocycles. The van der Waals surface area contributed by atoms with Crippen molar-refractivity contribution >= 4 is 34.3 Å². The summed E-state index contributed by atoms with van der Waals surface area (Å²) in [5.74, 6) is 1.08. The molecule has 0 aromatic carbocycles. The molecule has 3 aromatic heterocycles. The largest absolute Gasteiger partial charge is 0.338 e. The van der Waals surface area contributed by atoms with E-state index in [2.05, 4.69) is 20.7 Å². The van der Waals surface area contributed by atoms with Gasteiger partial charge in [-0.05, 0) is 42.7 Å². The van der Waals surface area contributed by atoms with Gasteiger partial charge in [0.25, 0.3) is 0 Å². The lowest BCUT2D eigenvalue weighted by Crippen LogP contribution is -2.38. The Bertz CT molecular complexity index is 942. The summed E-state index contributed by atoms with van der Waals surface area (Å²) in [5, 5.41) is 6.14. The summed E-state index contributed by atoms with van der Waals surface area (Å²) in [6, 6.07) is 9.53. The number of hydrogen-bond acceptors (Lipinski definition) is 6. The zero-order valence-electron chi connectivity index (χ0n) is 15.4. The Kier molecular flexibility index (Phi) is 5.72. The predicted octanol–water partition coefficient (Wildman–Crippen LogP) is 4.10. The number of thiazole rings is 1. The van der Waals surface area contributed by atoms with Crippen LogP contribution in [-0.2, 0) is 4.79 Å². The highest BCUT2D eigenvalue weighted by molar-refractivity contribution is 7.13. The van der Waals surface area contributed by atoms with Crippen LogP contribution >= 0.6 is 11.3 Å². The summed E-state index contributed by atoms with van der Waals surface area (Å²) in [7, 11) is 0. The predicted molar refractivity (Wildman–Crippen MR) is 111 cm³/mol. The fourth-order valence-corrected chi connectivity index (χ4v) is 4.04. The van der Waals surface area contributed by atoms with Gasteiger partial charge in [-0.2, -0.15) is 0 Å². The van der Waals surface area contributed by atoms with Crippen LogP contribution < -0.4 is 5.32 Å². The number of aromatic nitrogens is 3. The second-order valence-electron chi connectivity index (χ2n) is 6.66. The first-order valence-electron chi connectivity index (χ1n) is 9.28. The third-order valence-corrected chi connectivity index (χ3v) is 5.45. The van der Waals surface area contributed by atoms with Crippen molar-refractivity contribution < 1.29 is 4.79 Å². The average molecular weight is 392 g/mol. The Hall–Kier alpha value is -3.06. The highest BCUT2D eigenvalue weighted by Gasteiger charge is 2.25. The van der Waals surface area contributed by atoms with Gasteiger partial charge in [0.2, 0.25) is 5.91 Å². The molecule has 0 aliphatic carbocycles. The Balaban J connectivity index is 1.38. The summed E-state index contributed by atoms with van der Waals surface area (Å²) < 4.78 is 0. The van der Waals surface area contributed by atoms with E-state index in [0.717, 1.165) is 41.6 Å². The van der Waals surface area contributed by atoms with E-state index in [-0.39, 0.29) is 11.8 Å². The number of carbonyl (C=O) groups is 1. The second-order valence-corrected chi connectivity index (χ2v) is 7.52. The van der Waals surface area contributed by atoms with Gasteiger partial charge in [-0.1, -0.05) is 12.1 Å². The van der Waals surface area contributed by atoms with E-state index in [1.54, 1.807) is 36.0 Å². The monoisotopic (exact) mass is 391 g/mol. The zero-order valence-corrected chi connectivity index (χ0v) is 16.2. The molecule has 7 heteroatoms. The van der Waals surface area contributed by atoms with Crippen LogP contribution in [0.1, 0.15) is 30.0 Å². The smallest absolute Gasteiger partial charge is 0.246 e. The number of hydrogen-bond donors (Lipinski definition) is 1. The Morgan fingerprint density at radius 3 is 3.04 bits per heavy atom. The molecule has 1 aliphatic heterocycles. The molecule has 0 radical (unpaired) electrons. The van der Waals surface area contributed by atoms with Crippen LogP contribution in [0, 0.1) is 0 Å². The van der Waals surface area contributed by atoms with Crippen LogP contribution in [0.2, 0.25) is 0 Å². The number of nitrogens with zero attached hydrogens (tertiary/aromatic N) is 4. The van der Waals surface area contributed by atoms with Gasteiger partial charge in [-0.3, -0.25) is 9.78 Å². The normalized spacial score (nSPS) is 17.0. The van der Waals surface area contributed by atoms with E-state index in [0.29, 0.717) is 6.54 Å².